The highest BCUT2D eigenvalue weighted by Gasteiger charge is 2.16. The van der Waals surface area contributed by atoms with Gasteiger partial charge < -0.3 is 19.5 Å². The molecule has 0 bridgehead atoms. The quantitative estimate of drug-likeness (QED) is 0.621. The number of ether oxygens (including phenoxy) is 3. The Morgan fingerprint density at radius 2 is 1.68 bits per heavy atom. The summed E-state index contributed by atoms with van der Waals surface area (Å²) in [5, 5.41) is 2.76. The molecule has 0 aliphatic rings. The number of hydrogen-bond donors (Lipinski definition) is 1. The molecule has 0 spiro atoms. The van der Waals surface area contributed by atoms with E-state index in [0.29, 0.717) is 29.4 Å². The van der Waals surface area contributed by atoms with Crippen molar-refractivity contribution in [3.8, 4) is 17.2 Å². The van der Waals surface area contributed by atoms with Gasteiger partial charge in [-0.05, 0) is 37.1 Å². The first kappa shape index (κ1) is 17.6. The van der Waals surface area contributed by atoms with E-state index in [1.807, 2.05) is 19.1 Å². The predicted octanol–water partition coefficient (Wildman–Crippen LogP) is 2.81. The summed E-state index contributed by atoms with van der Waals surface area (Å²) in [6, 6.07) is 3.64. The van der Waals surface area contributed by atoms with Gasteiger partial charge in [-0.1, -0.05) is 6.08 Å². The van der Waals surface area contributed by atoms with Gasteiger partial charge in [-0.3, -0.25) is 4.79 Å². The van der Waals surface area contributed by atoms with Gasteiger partial charge >= 0.3 is 0 Å². The van der Waals surface area contributed by atoms with E-state index in [1.54, 1.807) is 34.3 Å². The summed E-state index contributed by atoms with van der Waals surface area (Å²) in [5.74, 6) is 1.49. The summed E-state index contributed by atoms with van der Waals surface area (Å²) < 4.78 is 16.0. The molecule has 5 heteroatoms. The fraction of sp³-hybridized carbons (Fsp3) is 0.353. The Morgan fingerprint density at radius 1 is 1.14 bits per heavy atom. The van der Waals surface area contributed by atoms with Crippen molar-refractivity contribution in [1.29, 1.82) is 0 Å². The zero-order chi connectivity index (χ0) is 16.7. The molecule has 0 radical (unpaired) electrons. The molecule has 1 N–H and O–H groups in total. The molecule has 5 nitrogen and oxygen atoms in total. The van der Waals surface area contributed by atoms with Crippen molar-refractivity contribution < 1.29 is 19.0 Å². The smallest absolute Gasteiger partial charge is 0.247 e. The molecular weight excluding hydrogens is 282 g/mol. The van der Waals surface area contributed by atoms with Gasteiger partial charge in [0.2, 0.25) is 11.7 Å². The number of carbonyl (C=O) groups excluding carboxylic acids is 1. The molecule has 1 aromatic carbocycles. The van der Waals surface area contributed by atoms with Crippen molar-refractivity contribution in [3.63, 3.8) is 0 Å². The van der Waals surface area contributed by atoms with E-state index in [2.05, 4.69) is 11.9 Å². The first-order valence-electron chi connectivity index (χ1n) is 6.87. The standard InChI is InChI=1S/C17H23NO4/c1-7-8-18-17(19)12(3)11(2)13-9-14(20-4)16(22-6)15(10-13)21-5/h7,9-10H,1,8H2,2-6H3,(H,18,19)/b12-11-. The summed E-state index contributed by atoms with van der Waals surface area (Å²) in [6.45, 7) is 7.66. The number of allylic oxidation sites excluding steroid dienone is 1. The Balaban J connectivity index is 3.30. The van der Waals surface area contributed by atoms with E-state index in [9.17, 15) is 4.79 Å². The van der Waals surface area contributed by atoms with E-state index in [4.69, 9.17) is 14.2 Å². The van der Waals surface area contributed by atoms with Crippen molar-refractivity contribution in [1.82, 2.24) is 5.32 Å². The maximum Gasteiger partial charge on any atom is 0.247 e. The minimum absolute atomic E-state index is 0.133. The van der Waals surface area contributed by atoms with Crippen molar-refractivity contribution in [2.45, 2.75) is 13.8 Å². The Morgan fingerprint density at radius 3 is 2.09 bits per heavy atom. The van der Waals surface area contributed by atoms with Crippen LogP contribution in [0.15, 0.2) is 30.4 Å². The molecule has 1 amide bonds. The zero-order valence-electron chi connectivity index (χ0n) is 13.8. The monoisotopic (exact) mass is 305 g/mol. The second-order valence-corrected chi connectivity index (χ2v) is 4.66. The lowest BCUT2D eigenvalue weighted by Gasteiger charge is -2.15. The molecule has 0 aliphatic carbocycles. The van der Waals surface area contributed by atoms with Crippen LogP contribution in [0.1, 0.15) is 19.4 Å². The molecule has 0 heterocycles. The molecule has 0 aliphatic heterocycles. The predicted molar refractivity (Wildman–Crippen MR) is 87.6 cm³/mol. The molecular formula is C17H23NO4. The fourth-order valence-corrected chi connectivity index (χ4v) is 1.98. The van der Waals surface area contributed by atoms with Crippen molar-refractivity contribution >= 4 is 11.5 Å². The van der Waals surface area contributed by atoms with Gasteiger partial charge in [-0.15, -0.1) is 6.58 Å². The Labute approximate surface area is 131 Å². The number of rotatable bonds is 7. The molecule has 0 fully saturated rings. The summed E-state index contributed by atoms with van der Waals surface area (Å²) in [4.78, 5) is 12.0. The van der Waals surface area contributed by atoms with E-state index < -0.39 is 0 Å². The number of carbonyl (C=O) groups is 1. The third-order valence-corrected chi connectivity index (χ3v) is 3.41. The lowest BCUT2D eigenvalue weighted by atomic mass is 10.0. The Bertz CT molecular complexity index is 565. The van der Waals surface area contributed by atoms with Crippen molar-refractivity contribution in [2.24, 2.45) is 0 Å². The van der Waals surface area contributed by atoms with Crippen LogP contribution < -0.4 is 19.5 Å². The third-order valence-electron chi connectivity index (χ3n) is 3.41. The number of amides is 1. The molecule has 0 saturated carbocycles. The van der Waals surface area contributed by atoms with Crippen LogP contribution in [0.5, 0.6) is 17.2 Å². The van der Waals surface area contributed by atoms with Crippen LogP contribution in [0.25, 0.3) is 5.57 Å². The minimum Gasteiger partial charge on any atom is -0.493 e. The Hall–Kier alpha value is -2.43. The molecule has 22 heavy (non-hydrogen) atoms. The Kier molecular flexibility index (Phi) is 6.50. The van der Waals surface area contributed by atoms with Gasteiger partial charge in [0.25, 0.3) is 0 Å². The summed E-state index contributed by atoms with van der Waals surface area (Å²) in [6.07, 6.45) is 1.64. The maximum atomic E-state index is 12.0. The van der Waals surface area contributed by atoms with E-state index in [-0.39, 0.29) is 5.91 Å². The topological polar surface area (TPSA) is 56.8 Å². The number of benzene rings is 1. The van der Waals surface area contributed by atoms with Crippen LogP contribution >= 0.6 is 0 Å². The van der Waals surface area contributed by atoms with Gasteiger partial charge in [-0.25, -0.2) is 0 Å². The van der Waals surface area contributed by atoms with E-state index >= 15 is 0 Å². The highest BCUT2D eigenvalue weighted by Crippen LogP contribution is 2.40. The van der Waals surface area contributed by atoms with Crippen LogP contribution in [0.4, 0.5) is 0 Å². The maximum absolute atomic E-state index is 12.0. The highest BCUT2D eigenvalue weighted by molar-refractivity contribution is 6.00. The lowest BCUT2D eigenvalue weighted by molar-refractivity contribution is -0.117. The molecule has 0 saturated heterocycles. The summed E-state index contributed by atoms with van der Waals surface area (Å²) >= 11 is 0. The van der Waals surface area contributed by atoms with Crippen LogP contribution in [-0.4, -0.2) is 33.8 Å². The van der Waals surface area contributed by atoms with Crippen LogP contribution in [-0.2, 0) is 4.79 Å². The van der Waals surface area contributed by atoms with Crippen LogP contribution in [0.2, 0.25) is 0 Å². The molecule has 1 aromatic rings. The lowest BCUT2D eigenvalue weighted by Crippen LogP contribution is -2.24. The largest absolute Gasteiger partial charge is 0.493 e. The fourth-order valence-electron chi connectivity index (χ4n) is 1.98. The number of methoxy groups -OCH3 is 3. The third kappa shape index (κ3) is 3.81. The average molecular weight is 305 g/mol. The number of nitrogens with one attached hydrogen (secondary N) is 1. The average Bonchev–Trinajstić information content (AvgIpc) is 2.56. The van der Waals surface area contributed by atoms with Gasteiger partial charge in [-0.2, -0.15) is 0 Å². The minimum atomic E-state index is -0.133. The molecule has 0 aromatic heterocycles. The van der Waals surface area contributed by atoms with E-state index in [1.165, 1.54) is 0 Å². The summed E-state index contributed by atoms with van der Waals surface area (Å²) in [5.41, 5.74) is 2.29. The number of hydrogen-bond acceptors (Lipinski definition) is 4. The van der Waals surface area contributed by atoms with Gasteiger partial charge in [0.05, 0.1) is 21.3 Å². The van der Waals surface area contributed by atoms with Gasteiger partial charge in [0, 0.05) is 12.1 Å². The second-order valence-electron chi connectivity index (χ2n) is 4.66. The first-order valence-corrected chi connectivity index (χ1v) is 6.87. The van der Waals surface area contributed by atoms with Crippen molar-refractivity contribution in [3.05, 3.63) is 35.9 Å². The SMILES string of the molecule is C=CCNC(=O)/C(C)=C(/C)c1cc(OC)c(OC)c(OC)c1. The normalized spacial score (nSPS) is 11.3. The molecule has 0 atom stereocenters. The van der Waals surface area contributed by atoms with E-state index in [0.717, 1.165) is 11.1 Å². The second kappa shape index (κ2) is 8.12. The first-order chi connectivity index (χ1) is 10.5. The van der Waals surface area contributed by atoms with Crippen LogP contribution in [0.3, 0.4) is 0 Å². The molecule has 1 rings (SSSR count). The van der Waals surface area contributed by atoms with Crippen molar-refractivity contribution in [2.75, 3.05) is 27.9 Å². The van der Waals surface area contributed by atoms with Gasteiger partial charge in [0.1, 0.15) is 0 Å². The van der Waals surface area contributed by atoms with Crippen LogP contribution in [0, 0.1) is 0 Å². The highest BCUT2D eigenvalue weighted by atomic mass is 16.5. The zero-order valence-corrected chi connectivity index (χ0v) is 13.8. The summed E-state index contributed by atoms with van der Waals surface area (Å²) in [7, 11) is 4.67. The molecule has 120 valence electrons. The van der Waals surface area contributed by atoms with Gasteiger partial charge in [0.15, 0.2) is 11.5 Å². The molecule has 0 unspecified atom stereocenters.